The number of carbonyl (C=O) groups excluding carboxylic acids is 1. The van der Waals surface area contributed by atoms with Crippen molar-refractivity contribution in [2.24, 2.45) is 0 Å². The first-order chi connectivity index (χ1) is 11.0. The Bertz CT molecular complexity index is 834. The molecule has 1 aliphatic rings. The molecule has 1 atom stereocenters. The molecule has 7 heteroatoms. The second kappa shape index (κ2) is 6.02. The Kier molecular flexibility index (Phi) is 4.06. The van der Waals surface area contributed by atoms with Crippen molar-refractivity contribution in [1.29, 1.82) is 0 Å². The van der Waals surface area contributed by atoms with Gasteiger partial charge in [0, 0.05) is 6.54 Å². The number of benzene rings is 2. The molecule has 2 N–H and O–H groups in total. The van der Waals surface area contributed by atoms with Crippen molar-refractivity contribution < 1.29 is 17.9 Å². The van der Waals surface area contributed by atoms with E-state index in [1.54, 1.807) is 43.3 Å². The molecule has 0 bridgehead atoms. The van der Waals surface area contributed by atoms with Crippen LogP contribution in [0.25, 0.3) is 0 Å². The number of anilines is 1. The van der Waals surface area contributed by atoms with Crippen LogP contribution in [0, 0.1) is 0 Å². The van der Waals surface area contributed by atoms with Gasteiger partial charge in [-0.05, 0) is 36.8 Å². The fourth-order valence-corrected chi connectivity index (χ4v) is 3.27. The predicted molar refractivity (Wildman–Crippen MR) is 85.6 cm³/mol. The maximum absolute atomic E-state index is 12.2. The van der Waals surface area contributed by atoms with Gasteiger partial charge in [-0.3, -0.25) is 4.79 Å². The van der Waals surface area contributed by atoms with Crippen LogP contribution < -0.4 is 14.8 Å². The Morgan fingerprint density at radius 2 is 1.91 bits per heavy atom. The molecule has 1 heterocycles. The van der Waals surface area contributed by atoms with Gasteiger partial charge in [-0.2, -0.15) is 0 Å². The third kappa shape index (κ3) is 3.35. The molecule has 0 spiro atoms. The lowest BCUT2D eigenvalue weighted by Crippen LogP contribution is -2.34. The van der Waals surface area contributed by atoms with Crippen LogP contribution in [-0.2, 0) is 21.4 Å². The van der Waals surface area contributed by atoms with E-state index in [2.05, 4.69) is 10.0 Å². The van der Waals surface area contributed by atoms with Gasteiger partial charge in [-0.1, -0.05) is 24.3 Å². The predicted octanol–water partition coefficient (Wildman–Crippen LogP) is 1.88. The Hall–Kier alpha value is -2.38. The molecule has 0 saturated heterocycles. The van der Waals surface area contributed by atoms with Gasteiger partial charge >= 0.3 is 0 Å². The molecule has 1 amide bonds. The normalized spacial score (nSPS) is 17.1. The van der Waals surface area contributed by atoms with E-state index >= 15 is 0 Å². The average Bonchev–Trinajstić information content (AvgIpc) is 2.55. The minimum absolute atomic E-state index is 0.121. The molecule has 3 rings (SSSR count). The fraction of sp³-hybridized carbons (Fsp3) is 0.188. The highest BCUT2D eigenvalue weighted by molar-refractivity contribution is 7.89. The van der Waals surface area contributed by atoms with Gasteiger partial charge in [0.2, 0.25) is 10.0 Å². The maximum atomic E-state index is 12.2. The molecule has 1 aliphatic heterocycles. The monoisotopic (exact) mass is 332 g/mol. The number of sulfonamides is 1. The van der Waals surface area contributed by atoms with E-state index in [4.69, 9.17) is 4.74 Å². The summed E-state index contributed by atoms with van der Waals surface area (Å²) in [5, 5.41) is 2.74. The highest BCUT2D eigenvalue weighted by Gasteiger charge is 2.23. The van der Waals surface area contributed by atoms with Crippen molar-refractivity contribution in [3.63, 3.8) is 0 Å². The van der Waals surface area contributed by atoms with E-state index < -0.39 is 16.1 Å². The molecular formula is C16H16N2O4S. The molecule has 0 saturated carbocycles. The van der Waals surface area contributed by atoms with E-state index in [1.165, 1.54) is 12.1 Å². The summed E-state index contributed by atoms with van der Waals surface area (Å²) in [6, 6.07) is 13.3. The van der Waals surface area contributed by atoms with Crippen molar-refractivity contribution in [1.82, 2.24) is 4.72 Å². The first kappa shape index (κ1) is 15.5. The van der Waals surface area contributed by atoms with E-state index in [-0.39, 0.29) is 17.3 Å². The molecular weight excluding hydrogens is 316 g/mol. The number of amides is 1. The van der Waals surface area contributed by atoms with Crippen LogP contribution >= 0.6 is 0 Å². The second-order valence-corrected chi connectivity index (χ2v) is 6.98. The molecule has 6 nitrogen and oxygen atoms in total. The minimum Gasteiger partial charge on any atom is -0.479 e. The third-order valence-electron chi connectivity index (χ3n) is 3.49. The lowest BCUT2D eigenvalue weighted by Gasteiger charge is -2.23. The number of fused-ring (bicyclic) bond motifs is 1. The Morgan fingerprint density at radius 1 is 1.17 bits per heavy atom. The minimum atomic E-state index is -3.57. The molecule has 0 radical (unpaired) electrons. The number of ether oxygens (including phenoxy) is 1. The third-order valence-corrected chi connectivity index (χ3v) is 4.91. The van der Waals surface area contributed by atoms with Crippen molar-refractivity contribution in [2.45, 2.75) is 24.5 Å². The lowest BCUT2D eigenvalue weighted by molar-refractivity contribution is -0.122. The molecule has 0 fully saturated rings. The summed E-state index contributed by atoms with van der Waals surface area (Å²) in [4.78, 5) is 11.8. The van der Waals surface area contributed by atoms with E-state index in [0.29, 0.717) is 11.4 Å². The van der Waals surface area contributed by atoms with Gasteiger partial charge in [-0.15, -0.1) is 0 Å². The largest absolute Gasteiger partial charge is 0.479 e. The number of hydrogen-bond acceptors (Lipinski definition) is 4. The number of rotatable bonds is 4. The number of carbonyl (C=O) groups is 1. The first-order valence-electron chi connectivity index (χ1n) is 7.11. The summed E-state index contributed by atoms with van der Waals surface area (Å²) in [5.74, 6) is 0.353. The van der Waals surface area contributed by atoms with Gasteiger partial charge in [0.05, 0.1) is 10.6 Å². The summed E-state index contributed by atoms with van der Waals surface area (Å²) in [6.45, 7) is 1.79. The summed E-state index contributed by atoms with van der Waals surface area (Å²) >= 11 is 0. The fourth-order valence-electron chi connectivity index (χ4n) is 2.23. The number of hydrogen-bond donors (Lipinski definition) is 2. The average molecular weight is 332 g/mol. The van der Waals surface area contributed by atoms with Crippen LogP contribution in [0.5, 0.6) is 5.75 Å². The van der Waals surface area contributed by atoms with Crippen LogP contribution in [-0.4, -0.2) is 20.4 Å². The van der Waals surface area contributed by atoms with E-state index in [9.17, 15) is 13.2 Å². The molecule has 23 heavy (non-hydrogen) atoms. The van der Waals surface area contributed by atoms with Gasteiger partial charge in [0.25, 0.3) is 5.91 Å². The highest BCUT2D eigenvalue weighted by atomic mass is 32.2. The smallest absolute Gasteiger partial charge is 0.265 e. The molecule has 2 aromatic rings. The maximum Gasteiger partial charge on any atom is 0.265 e. The van der Waals surface area contributed by atoms with Crippen LogP contribution in [0.4, 0.5) is 5.69 Å². The molecule has 2 aromatic carbocycles. The summed E-state index contributed by atoms with van der Waals surface area (Å²) < 4.78 is 32.4. The van der Waals surface area contributed by atoms with Gasteiger partial charge in [-0.25, -0.2) is 13.1 Å². The molecule has 0 aliphatic carbocycles. The van der Waals surface area contributed by atoms with E-state index in [1.807, 2.05) is 0 Å². The van der Waals surface area contributed by atoms with Crippen LogP contribution in [0.15, 0.2) is 53.4 Å². The van der Waals surface area contributed by atoms with Crippen LogP contribution in [0.3, 0.4) is 0 Å². The highest BCUT2D eigenvalue weighted by Crippen LogP contribution is 2.30. The summed E-state index contributed by atoms with van der Waals surface area (Å²) in [5.41, 5.74) is 1.27. The lowest BCUT2D eigenvalue weighted by atomic mass is 10.1. The summed E-state index contributed by atoms with van der Waals surface area (Å²) in [6.07, 6.45) is -0.537. The van der Waals surface area contributed by atoms with E-state index in [0.717, 1.165) is 5.56 Å². The quantitative estimate of drug-likeness (QED) is 0.895. The van der Waals surface area contributed by atoms with Crippen LogP contribution in [0.2, 0.25) is 0 Å². The first-order valence-corrected chi connectivity index (χ1v) is 8.59. The van der Waals surface area contributed by atoms with Gasteiger partial charge in [0.1, 0.15) is 5.75 Å². The topological polar surface area (TPSA) is 84.5 Å². The molecule has 0 aromatic heterocycles. The van der Waals surface area contributed by atoms with Gasteiger partial charge < -0.3 is 10.1 Å². The number of nitrogens with one attached hydrogen (secondary N) is 2. The Morgan fingerprint density at radius 3 is 2.65 bits per heavy atom. The molecule has 120 valence electrons. The zero-order valence-corrected chi connectivity index (χ0v) is 13.3. The summed E-state index contributed by atoms with van der Waals surface area (Å²) in [7, 11) is -3.57. The van der Waals surface area contributed by atoms with Gasteiger partial charge in [0.15, 0.2) is 6.10 Å². The van der Waals surface area contributed by atoms with Crippen molar-refractivity contribution in [3.8, 4) is 5.75 Å². The van der Waals surface area contributed by atoms with Crippen molar-refractivity contribution >= 4 is 21.6 Å². The Labute approximate surface area is 134 Å². The standard InChI is InChI=1S/C16H16N2O4S/c1-11-16(19)18-14-9-12(7-8-15(14)22-11)10-17-23(20,21)13-5-3-2-4-6-13/h2-9,11,17H,10H2,1H3,(H,18,19). The zero-order valence-electron chi connectivity index (χ0n) is 12.4. The van der Waals surface area contributed by atoms with Crippen molar-refractivity contribution in [2.75, 3.05) is 5.32 Å². The van der Waals surface area contributed by atoms with Crippen LogP contribution in [0.1, 0.15) is 12.5 Å². The molecule has 1 unspecified atom stereocenters. The van der Waals surface area contributed by atoms with Crippen molar-refractivity contribution in [3.05, 3.63) is 54.1 Å². The Balaban J connectivity index is 1.75. The zero-order chi connectivity index (χ0) is 16.4. The SMILES string of the molecule is CC1Oc2ccc(CNS(=O)(=O)c3ccccc3)cc2NC1=O. The second-order valence-electron chi connectivity index (χ2n) is 5.22.